The third-order valence-electron chi connectivity index (χ3n) is 4.75. The Labute approximate surface area is 182 Å². The van der Waals surface area contributed by atoms with Gasteiger partial charge < -0.3 is 10.2 Å². The van der Waals surface area contributed by atoms with Crippen molar-refractivity contribution in [1.29, 1.82) is 0 Å². The number of rotatable bonds is 6. The Hall–Kier alpha value is -2.14. The van der Waals surface area contributed by atoms with Crippen LogP contribution in [0, 0.1) is 13.8 Å². The maximum Gasteiger partial charge on any atom is 0.242 e. The molecule has 156 valence electrons. The zero-order valence-corrected chi connectivity index (χ0v) is 19.8. The van der Waals surface area contributed by atoms with Gasteiger partial charge in [0.05, 0.1) is 6.42 Å². The molecule has 0 aromatic heterocycles. The second kappa shape index (κ2) is 9.57. The molecule has 0 spiro atoms. The van der Waals surface area contributed by atoms with Crippen molar-refractivity contribution < 1.29 is 9.59 Å². The highest BCUT2D eigenvalue weighted by atomic mass is 79.9. The molecular weight excluding hydrogens is 428 g/mol. The standard InChI is InChI=1S/C24H31BrN2O2/c1-16-10-11-17(2)20(12-16)14-22(28)27(15-19-8-7-9-21(25)13-19)18(3)23(29)26-24(4,5)6/h7-13,18H,14-15H2,1-6H3,(H,26,29)/t18-/m1/s1. The SMILES string of the molecule is Cc1ccc(C)c(CC(=O)N(Cc2cccc(Br)c2)[C@H](C)C(=O)NC(C)(C)C)c1. The Morgan fingerprint density at radius 1 is 1.10 bits per heavy atom. The number of carbonyl (C=O) groups is 2. The molecule has 1 N–H and O–H groups in total. The number of carbonyl (C=O) groups excluding carboxylic acids is 2. The number of aryl methyl sites for hydroxylation is 2. The lowest BCUT2D eigenvalue weighted by Gasteiger charge is -2.31. The van der Waals surface area contributed by atoms with Crippen LogP contribution in [0.2, 0.25) is 0 Å². The first-order valence-corrected chi connectivity index (χ1v) is 10.7. The molecule has 0 bridgehead atoms. The minimum absolute atomic E-state index is 0.0600. The molecule has 0 fully saturated rings. The molecule has 0 aliphatic carbocycles. The zero-order valence-electron chi connectivity index (χ0n) is 18.2. The molecule has 2 aromatic rings. The van der Waals surface area contributed by atoms with Gasteiger partial charge in [-0.2, -0.15) is 0 Å². The number of nitrogens with one attached hydrogen (secondary N) is 1. The molecule has 0 aliphatic heterocycles. The highest BCUT2D eigenvalue weighted by Crippen LogP contribution is 2.18. The first-order valence-electron chi connectivity index (χ1n) is 9.88. The fraction of sp³-hybridized carbons (Fsp3) is 0.417. The summed E-state index contributed by atoms with van der Waals surface area (Å²) < 4.78 is 0.948. The van der Waals surface area contributed by atoms with Crippen molar-refractivity contribution in [2.75, 3.05) is 0 Å². The molecule has 5 heteroatoms. The minimum atomic E-state index is -0.578. The van der Waals surface area contributed by atoms with Gasteiger partial charge in [0.1, 0.15) is 6.04 Å². The van der Waals surface area contributed by atoms with Gasteiger partial charge in [-0.25, -0.2) is 0 Å². The van der Waals surface area contributed by atoms with Gasteiger partial charge >= 0.3 is 0 Å². The van der Waals surface area contributed by atoms with Crippen molar-refractivity contribution in [3.05, 3.63) is 69.2 Å². The molecule has 29 heavy (non-hydrogen) atoms. The van der Waals surface area contributed by atoms with E-state index in [-0.39, 0.29) is 23.8 Å². The lowest BCUT2D eigenvalue weighted by atomic mass is 10.0. The number of amides is 2. The lowest BCUT2D eigenvalue weighted by molar-refractivity contribution is -0.140. The molecule has 0 aliphatic rings. The third kappa shape index (κ3) is 7.00. The Morgan fingerprint density at radius 2 is 1.79 bits per heavy atom. The fourth-order valence-corrected chi connectivity index (χ4v) is 3.59. The molecule has 0 heterocycles. The number of hydrogen-bond donors (Lipinski definition) is 1. The van der Waals surface area contributed by atoms with Crippen LogP contribution in [0.5, 0.6) is 0 Å². The summed E-state index contributed by atoms with van der Waals surface area (Å²) in [5.41, 5.74) is 3.82. The van der Waals surface area contributed by atoms with Gasteiger partial charge in [0.25, 0.3) is 0 Å². The van der Waals surface area contributed by atoms with Crippen LogP contribution < -0.4 is 5.32 Å². The maximum atomic E-state index is 13.3. The summed E-state index contributed by atoms with van der Waals surface area (Å²) in [5, 5.41) is 2.99. The summed E-state index contributed by atoms with van der Waals surface area (Å²) in [6.07, 6.45) is 0.272. The largest absolute Gasteiger partial charge is 0.350 e. The lowest BCUT2D eigenvalue weighted by Crippen LogP contribution is -2.52. The van der Waals surface area contributed by atoms with E-state index < -0.39 is 6.04 Å². The van der Waals surface area contributed by atoms with E-state index in [1.165, 1.54) is 0 Å². The summed E-state index contributed by atoms with van der Waals surface area (Å²) >= 11 is 3.48. The highest BCUT2D eigenvalue weighted by Gasteiger charge is 2.28. The maximum absolute atomic E-state index is 13.3. The fourth-order valence-electron chi connectivity index (χ4n) is 3.14. The van der Waals surface area contributed by atoms with Gasteiger partial charge in [-0.15, -0.1) is 0 Å². The summed E-state index contributed by atoms with van der Waals surface area (Å²) in [6.45, 7) is 12.0. The van der Waals surface area contributed by atoms with E-state index in [0.29, 0.717) is 6.54 Å². The molecule has 2 rings (SSSR count). The molecule has 4 nitrogen and oxygen atoms in total. The average Bonchev–Trinajstić information content (AvgIpc) is 2.60. The topological polar surface area (TPSA) is 49.4 Å². The van der Waals surface area contributed by atoms with E-state index in [0.717, 1.165) is 26.7 Å². The van der Waals surface area contributed by atoms with Crippen molar-refractivity contribution in [2.45, 2.75) is 66.1 Å². The molecule has 2 aromatic carbocycles. The summed E-state index contributed by atoms with van der Waals surface area (Å²) in [4.78, 5) is 27.8. The molecule has 0 saturated carbocycles. The quantitative estimate of drug-likeness (QED) is 0.665. The van der Waals surface area contributed by atoms with Crippen LogP contribution in [-0.2, 0) is 22.6 Å². The van der Waals surface area contributed by atoms with Crippen LogP contribution in [-0.4, -0.2) is 28.3 Å². The van der Waals surface area contributed by atoms with Crippen LogP contribution in [0.1, 0.15) is 49.9 Å². The Balaban J connectivity index is 2.30. The summed E-state index contributed by atoms with van der Waals surface area (Å²) in [7, 11) is 0. The van der Waals surface area contributed by atoms with Crippen LogP contribution in [0.4, 0.5) is 0 Å². The number of hydrogen-bond acceptors (Lipinski definition) is 2. The van der Waals surface area contributed by atoms with Crippen molar-refractivity contribution in [3.63, 3.8) is 0 Å². The van der Waals surface area contributed by atoms with Crippen molar-refractivity contribution >= 4 is 27.7 Å². The van der Waals surface area contributed by atoms with E-state index in [9.17, 15) is 9.59 Å². The molecule has 0 saturated heterocycles. The zero-order chi connectivity index (χ0) is 21.8. The summed E-state index contributed by atoms with van der Waals surface area (Å²) in [5.74, 6) is -0.211. The van der Waals surface area contributed by atoms with E-state index in [2.05, 4.69) is 21.2 Å². The van der Waals surface area contributed by atoms with Crippen LogP contribution in [0.25, 0.3) is 0 Å². The van der Waals surface area contributed by atoms with E-state index in [4.69, 9.17) is 0 Å². The van der Waals surface area contributed by atoms with E-state index in [1.807, 2.05) is 77.1 Å². The highest BCUT2D eigenvalue weighted by molar-refractivity contribution is 9.10. The molecule has 0 unspecified atom stereocenters. The van der Waals surface area contributed by atoms with E-state index in [1.54, 1.807) is 11.8 Å². The van der Waals surface area contributed by atoms with Crippen molar-refractivity contribution in [1.82, 2.24) is 10.2 Å². The Kier molecular flexibility index (Phi) is 7.64. The molecule has 0 radical (unpaired) electrons. The predicted molar refractivity (Wildman–Crippen MR) is 122 cm³/mol. The van der Waals surface area contributed by atoms with Gasteiger partial charge in [-0.3, -0.25) is 9.59 Å². The van der Waals surface area contributed by atoms with Crippen LogP contribution in [0.15, 0.2) is 46.9 Å². The molecule has 2 amide bonds. The normalized spacial score (nSPS) is 12.4. The van der Waals surface area contributed by atoms with Crippen molar-refractivity contribution in [3.8, 4) is 0 Å². The average molecular weight is 459 g/mol. The van der Waals surface area contributed by atoms with Gasteiger partial charge in [0, 0.05) is 16.6 Å². The number of benzene rings is 2. The monoisotopic (exact) mass is 458 g/mol. The molecule has 1 atom stereocenters. The first-order chi connectivity index (χ1) is 13.5. The van der Waals surface area contributed by atoms with Gasteiger partial charge in [-0.05, 0) is 70.4 Å². The first kappa shape index (κ1) is 23.1. The van der Waals surface area contributed by atoms with Crippen molar-refractivity contribution in [2.24, 2.45) is 0 Å². The minimum Gasteiger partial charge on any atom is -0.350 e. The second-order valence-electron chi connectivity index (χ2n) is 8.67. The number of halogens is 1. The number of nitrogens with zero attached hydrogens (tertiary/aromatic N) is 1. The summed E-state index contributed by atoms with van der Waals surface area (Å²) in [6, 6.07) is 13.4. The second-order valence-corrected chi connectivity index (χ2v) is 9.59. The smallest absolute Gasteiger partial charge is 0.242 e. The van der Waals surface area contributed by atoms with Gasteiger partial charge in [-0.1, -0.05) is 51.8 Å². The molecular formula is C24H31BrN2O2. The van der Waals surface area contributed by atoms with Crippen LogP contribution in [0.3, 0.4) is 0 Å². The van der Waals surface area contributed by atoms with Crippen LogP contribution >= 0.6 is 15.9 Å². The Morgan fingerprint density at radius 3 is 2.41 bits per heavy atom. The third-order valence-corrected chi connectivity index (χ3v) is 5.25. The predicted octanol–water partition coefficient (Wildman–Crippen LogP) is 4.94. The Bertz CT molecular complexity index is 887. The van der Waals surface area contributed by atoms with E-state index >= 15 is 0 Å². The van der Waals surface area contributed by atoms with Gasteiger partial charge in [0.15, 0.2) is 0 Å². The van der Waals surface area contributed by atoms with Gasteiger partial charge in [0.2, 0.25) is 11.8 Å².